The lowest BCUT2D eigenvalue weighted by Gasteiger charge is -2.38. The van der Waals surface area contributed by atoms with Crippen molar-refractivity contribution in [2.45, 2.75) is 13.0 Å². The molecule has 4 heterocycles. The van der Waals surface area contributed by atoms with Crippen LogP contribution in [0, 0.1) is 6.92 Å². The third-order valence-corrected chi connectivity index (χ3v) is 6.98. The third-order valence-electron chi connectivity index (χ3n) is 5.42. The first-order chi connectivity index (χ1) is 15.0. The number of hydrogen-bond acceptors (Lipinski definition) is 7. The Hall–Kier alpha value is -2.69. The van der Waals surface area contributed by atoms with Gasteiger partial charge in [-0.3, -0.25) is 9.69 Å². The maximum Gasteiger partial charge on any atom is 0.289 e. The number of benzene rings is 1. The van der Waals surface area contributed by atoms with E-state index in [4.69, 9.17) is 4.42 Å². The summed E-state index contributed by atoms with van der Waals surface area (Å²) in [5.74, 6) is 0.994. The van der Waals surface area contributed by atoms with Gasteiger partial charge in [0.15, 0.2) is 5.76 Å². The molecule has 1 aliphatic heterocycles. The number of halogens is 1. The number of hydrogen-bond donors (Lipinski definition) is 1. The highest BCUT2D eigenvalue weighted by atomic mass is 79.9. The van der Waals surface area contributed by atoms with E-state index < -0.39 is 0 Å². The fourth-order valence-electron chi connectivity index (χ4n) is 3.97. The molecule has 0 spiro atoms. The van der Waals surface area contributed by atoms with Gasteiger partial charge in [0.25, 0.3) is 5.91 Å². The number of aromatic hydroxyl groups is 1. The average molecular weight is 502 g/mol. The summed E-state index contributed by atoms with van der Waals surface area (Å²) < 4.78 is 7.73. The van der Waals surface area contributed by atoms with Crippen LogP contribution in [0.3, 0.4) is 0 Å². The molecule has 160 valence electrons. The van der Waals surface area contributed by atoms with Crippen LogP contribution in [0.5, 0.6) is 5.88 Å². The highest BCUT2D eigenvalue weighted by Crippen LogP contribution is 2.40. The number of aryl methyl sites for hydroxylation is 1. The molecule has 0 saturated carbocycles. The molecular formula is C21H20BrN5O3S. The highest BCUT2D eigenvalue weighted by Gasteiger charge is 2.33. The minimum absolute atomic E-state index is 0.0965. The van der Waals surface area contributed by atoms with Crippen LogP contribution in [0.25, 0.3) is 4.96 Å². The van der Waals surface area contributed by atoms with E-state index in [1.165, 1.54) is 22.1 Å². The maximum atomic E-state index is 12.6. The van der Waals surface area contributed by atoms with E-state index in [0.29, 0.717) is 42.7 Å². The summed E-state index contributed by atoms with van der Waals surface area (Å²) in [6.07, 6.45) is 1.51. The molecule has 1 N–H and O–H groups in total. The number of amides is 1. The van der Waals surface area contributed by atoms with Crippen molar-refractivity contribution in [3.63, 3.8) is 0 Å². The van der Waals surface area contributed by atoms with Gasteiger partial charge in [0.05, 0.1) is 17.2 Å². The van der Waals surface area contributed by atoms with Gasteiger partial charge in [0.1, 0.15) is 5.82 Å². The first-order valence-electron chi connectivity index (χ1n) is 9.88. The standard InChI is InChI=1S/C21H20BrN5O3S/c1-13-23-21-27(24-13)20(29)18(31-21)17(14-4-2-5-15(22)12-14)25-7-9-26(10-8-25)19(28)16-6-3-11-30-16/h2-6,11-12,17,29H,7-10H2,1H3. The Morgan fingerprint density at radius 2 is 2.03 bits per heavy atom. The van der Waals surface area contributed by atoms with Gasteiger partial charge in [-0.25, -0.2) is 4.98 Å². The number of furan rings is 1. The smallest absolute Gasteiger partial charge is 0.289 e. The summed E-state index contributed by atoms with van der Waals surface area (Å²) in [6, 6.07) is 11.3. The first-order valence-corrected chi connectivity index (χ1v) is 11.5. The van der Waals surface area contributed by atoms with Crippen LogP contribution in [-0.4, -0.2) is 61.6 Å². The van der Waals surface area contributed by atoms with Crippen molar-refractivity contribution in [3.05, 3.63) is 69.2 Å². The van der Waals surface area contributed by atoms with E-state index in [9.17, 15) is 9.90 Å². The molecule has 0 radical (unpaired) electrons. The predicted molar refractivity (Wildman–Crippen MR) is 119 cm³/mol. The van der Waals surface area contributed by atoms with E-state index in [1.54, 1.807) is 24.0 Å². The topological polar surface area (TPSA) is 87.1 Å². The second-order valence-electron chi connectivity index (χ2n) is 7.41. The minimum Gasteiger partial charge on any atom is -0.492 e. The fraction of sp³-hybridized carbons (Fsp3) is 0.286. The van der Waals surface area contributed by atoms with Gasteiger partial charge < -0.3 is 14.4 Å². The van der Waals surface area contributed by atoms with E-state index >= 15 is 0 Å². The molecule has 1 atom stereocenters. The molecule has 1 unspecified atom stereocenters. The SMILES string of the molecule is Cc1nc2sc(C(c3cccc(Br)c3)N3CCN(C(=O)c4ccco4)CC3)c(O)n2n1. The Kier molecular flexibility index (Phi) is 5.28. The molecule has 31 heavy (non-hydrogen) atoms. The van der Waals surface area contributed by atoms with Gasteiger partial charge in [0, 0.05) is 30.7 Å². The Balaban J connectivity index is 1.46. The number of nitrogens with zero attached hydrogens (tertiary/aromatic N) is 5. The fourth-order valence-corrected chi connectivity index (χ4v) is 5.55. The van der Waals surface area contributed by atoms with E-state index in [1.807, 2.05) is 12.1 Å². The summed E-state index contributed by atoms with van der Waals surface area (Å²) in [5.41, 5.74) is 1.05. The van der Waals surface area contributed by atoms with Crippen LogP contribution in [0.4, 0.5) is 0 Å². The molecule has 1 saturated heterocycles. The summed E-state index contributed by atoms with van der Waals surface area (Å²) in [7, 11) is 0. The highest BCUT2D eigenvalue weighted by molar-refractivity contribution is 9.10. The van der Waals surface area contributed by atoms with Crippen LogP contribution < -0.4 is 0 Å². The van der Waals surface area contributed by atoms with Crippen molar-refractivity contribution in [1.29, 1.82) is 0 Å². The molecule has 5 rings (SSSR count). The Labute approximate surface area is 190 Å². The number of aromatic nitrogens is 3. The maximum absolute atomic E-state index is 12.6. The molecule has 0 aliphatic carbocycles. The summed E-state index contributed by atoms with van der Waals surface area (Å²) >= 11 is 5.00. The van der Waals surface area contributed by atoms with Crippen LogP contribution >= 0.6 is 27.3 Å². The summed E-state index contributed by atoms with van der Waals surface area (Å²) in [4.78, 5) is 22.6. The Morgan fingerprint density at radius 1 is 1.23 bits per heavy atom. The normalized spacial score (nSPS) is 16.1. The molecule has 3 aromatic heterocycles. The van der Waals surface area contributed by atoms with Crippen LogP contribution in [0.2, 0.25) is 0 Å². The molecule has 1 fully saturated rings. The number of carbonyl (C=O) groups is 1. The molecular weight excluding hydrogens is 482 g/mol. The van der Waals surface area contributed by atoms with Crippen molar-refractivity contribution in [2.75, 3.05) is 26.2 Å². The molecule has 1 aliphatic rings. The van der Waals surface area contributed by atoms with E-state index in [2.05, 4.69) is 43.0 Å². The predicted octanol–water partition coefficient (Wildman–Crippen LogP) is 3.71. The van der Waals surface area contributed by atoms with Crippen molar-refractivity contribution < 1.29 is 14.3 Å². The Morgan fingerprint density at radius 3 is 2.71 bits per heavy atom. The average Bonchev–Trinajstić information content (AvgIpc) is 3.48. The lowest BCUT2D eigenvalue weighted by atomic mass is 10.0. The van der Waals surface area contributed by atoms with Gasteiger partial charge in [-0.1, -0.05) is 39.4 Å². The van der Waals surface area contributed by atoms with Crippen LogP contribution in [0.15, 0.2) is 51.6 Å². The molecule has 8 nitrogen and oxygen atoms in total. The number of rotatable bonds is 4. The van der Waals surface area contributed by atoms with Gasteiger partial charge >= 0.3 is 0 Å². The molecule has 10 heteroatoms. The zero-order valence-corrected chi connectivity index (χ0v) is 19.1. The molecule has 0 bridgehead atoms. The second-order valence-corrected chi connectivity index (χ2v) is 9.33. The molecule has 4 aromatic rings. The van der Waals surface area contributed by atoms with E-state index in [0.717, 1.165) is 14.9 Å². The van der Waals surface area contributed by atoms with Gasteiger partial charge in [-0.2, -0.15) is 4.52 Å². The van der Waals surface area contributed by atoms with Gasteiger partial charge in [0.2, 0.25) is 10.8 Å². The third kappa shape index (κ3) is 3.75. The van der Waals surface area contributed by atoms with Crippen molar-refractivity contribution in [1.82, 2.24) is 24.4 Å². The molecule has 1 amide bonds. The zero-order chi connectivity index (χ0) is 21.5. The van der Waals surface area contributed by atoms with E-state index in [-0.39, 0.29) is 17.8 Å². The number of carbonyl (C=O) groups excluding carboxylic acids is 1. The number of fused-ring (bicyclic) bond motifs is 1. The number of piperazine rings is 1. The lowest BCUT2D eigenvalue weighted by Crippen LogP contribution is -2.49. The van der Waals surface area contributed by atoms with Gasteiger partial charge in [-0.05, 0) is 36.8 Å². The summed E-state index contributed by atoms with van der Waals surface area (Å²) in [5, 5.41) is 15.3. The zero-order valence-electron chi connectivity index (χ0n) is 16.7. The first kappa shape index (κ1) is 20.2. The lowest BCUT2D eigenvalue weighted by molar-refractivity contribution is 0.0568. The van der Waals surface area contributed by atoms with Crippen LogP contribution in [0.1, 0.15) is 32.9 Å². The van der Waals surface area contributed by atoms with Crippen molar-refractivity contribution in [2.24, 2.45) is 0 Å². The molecule has 1 aromatic carbocycles. The Bertz CT molecular complexity index is 1230. The largest absolute Gasteiger partial charge is 0.492 e. The van der Waals surface area contributed by atoms with Crippen molar-refractivity contribution >= 4 is 38.1 Å². The summed E-state index contributed by atoms with van der Waals surface area (Å²) in [6.45, 7) is 4.28. The number of thiazole rings is 1. The van der Waals surface area contributed by atoms with Crippen LogP contribution in [-0.2, 0) is 0 Å². The monoisotopic (exact) mass is 501 g/mol. The van der Waals surface area contributed by atoms with Gasteiger partial charge in [-0.15, -0.1) is 5.10 Å². The second kappa shape index (κ2) is 8.10. The van der Waals surface area contributed by atoms with Crippen molar-refractivity contribution in [3.8, 4) is 5.88 Å². The minimum atomic E-state index is -0.174. The quantitative estimate of drug-likeness (QED) is 0.458.